The lowest BCUT2D eigenvalue weighted by molar-refractivity contribution is -0.262. The lowest BCUT2D eigenvalue weighted by atomic mass is 9.79. The fourth-order valence-corrected chi connectivity index (χ4v) is 2.41. The lowest BCUT2D eigenvalue weighted by Gasteiger charge is -2.39. The number of carbonyl (C=O) groups excluding carboxylic acids is 1. The second kappa shape index (κ2) is 11.1. The summed E-state index contributed by atoms with van der Waals surface area (Å²) in [5.41, 5.74) is -0.502. The van der Waals surface area contributed by atoms with E-state index in [0.29, 0.717) is 6.42 Å². The Balaban J connectivity index is 5.17. The van der Waals surface area contributed by atoms with Crippen molar-refractivity contribution in [2.75, 3.05) is 13.2 Å². The fraction of sp³-hybridized carbons (Fsp3) is 0.947. The van der Waals surface area contributed by atoms with Gasteiger partial charge in [0.15, 0.2) is 6.29 Å². The molecule has 24 heavy (non-hydrogen) atoms. The average molecular weight is 347 g/mol. The van der Waals surface area contributed by atoms with E-state index in [2.05, 4.69) is 34.6 Å². The van der Waals surface area contributed by atoms with Crippen molar-refractivity contribution in [1.82, 2.24) is 0 Å². The van der Waals surface area contributed by atoms with Crippen molar-refractivity contribution >= 4 is 5.97 Å². The summed E-state index contributed by atoms with van der Waals surface area (Å²) in [4.78, 5) is 11.5. The first-order chi connectivity index (χ1) is 11.2. The third-order valence-electron chi connectivity index (χ3n) is 5.46. The molecule has 0 heterocycles. The van der Waals surface area contributed by atoms with Gasteiger partial charge in [-0.15, -0.1) is 0 Å². The molecule has 0 aliphatic heterocycles. The minimum absolute atomic E-state index is 0.0439. The van der Waals surface area contributed by atoms with Gasteiger partial charge in [-0.05, 0) is 38.0 Å². The zero-order chi connectivity index (χ0) is 18.8. The van der Waals surface area contributed by atoms with Crippen LogP contribution in [0.25, 0.3) is 0 Å². The molecule has 0 spiro atoms. The molecule has 0 bridgehead atoms. The zero-order valence-corrected chi connectivity index (χ0v) is 16.7. The van der Waals surface area contributed by atoms with Crippen LogP contribution >= 0.6 is 0 Å². The molecule has 0 aliphatic carbocycles. The van der Waals surface area contributed by atoms with E-state index in [1.54, 1.807) is 6.92 Å². The van der Waals surface area contributed by atoms with Crippen LogP contribution in [0.3, 0.4) is 0 Å². The van der Waals surface area contributed by atoms with Crippen LogP contribution in [-0.2, 0) is 19.0 Å². The number of carbonyl (C=O) groups is 1. The number of aliphatic hydroxyl groups is 1. The van der Waals surface area contributed by atoms with Crippen molar-refractivity contribution in [1.29, 1.82) is 0 Å². The highest BCUT2D eigenvalue weighted by atomic mass is 16.7. The van der Waals surface area contributed by atoms with Gasteiger partial charge in [-0.1, -0.05) is 41.5 Å². The molecule has 0 amide bonds. The second-order valence-electron chi connectivity index (χ2n) is 6.91. The van der Waals surface area contributed by atoms with Crippen LogP contribution in [0.2, 0.25) is 0 Å². The van der Waals surface area contributed by atoms with E-state index in [9.17, 15) is 9.90 Å². The molecule has 5 heteroatoms. The maximum absolute atomic E-state index is 11.5. The molecular formula is C19H38O5. The van der Waals surface area contributed by atoms with E-state index >= 15 is 0 Å². The Hall–Kier alpha value is -0.650. The van der Waals surface area contributed by atoms with E-state index in [1.807, 2.05) is 6.92 Å². The molecule has 144 valence electrons. The molecule has 0 aromatic rings. The third-order valence-corrected chi connectivity index (χ3v) is 5.46. The smallest absolute Gasteiger partial charge is 0.305 e. The van der Waals surface area contributed by atoms with Gasteiger partial charge in [0.05, 0.1) is 18.3 Å². The summed E-state index contributed by atoms with van der Waals surface area (Å²) < 4.78 is 17.5. The van der Waals surface area contributed by atoms with Crippen molar-refractivity contribution < 1.29 is 24.1 Å². The molecule has 1 N–H and O–H groups in total. The Morgan fingerprint density at radius 1 is 1.00 bits per heavy atom. The van der Waals surface area contributed by atoms with E-state index in [4.69, 9.17) is 14.2 Å². The van der Waals surface area contributed by atoms with Gasteiger partial charge < -0.3 is 19.3 Å². The monoisotopic (exact) mass is 346 g/mol. The number of hydrogen-bond donors (Lipinski definition) is 1. The molecule has 0 aromatic heterocycles. The van der Waals surface area contributed by atoms with Crippen LogP contribution in [0.5, 0.6) is 0 Å². The maximum atomic E-state index is 11.5. The van der Waals surface area contributed by atoms with Crippen LogP contribution < -0.4 is 0 Å². The minimum Gasteiger partial charge on any atom is -0.460 e. The first kappa shape index (κ1) is 23.4. The molecule has 0 aliphatic rings. The van der Waals surface area contributed by atoms with Crippen LogP contribution in [-0.4, -0.2) is 42.3 Å². The predicted octanol–water partition coefficient (Wildman–Crippen LogP) is 4.06. The van der Waals surface area contributed by atoms with E-state index < -0.39 is 6.29 Å². The molecule has 0 saturated carbocycles. The summed E-state index contributed by atoms with van der Waals surface area (Å²) in [5, 5.41) is 9.82. The molecule has 0 fully saturated rings. The summed E-state index contributed by atoms with van der Waals surface area (Å²) in [7, 11) is 0. The number of ether oxygens (including phenoxy) is 3. The summed E-state index contributed by atoms with van der Waals surface area (Å²) in [6.07, 6.45) is 2.69. The second-order valence-corrected chi connectivity index (χ2v) is 6.91. The number of rotatable bonds is 13. The van der Waals surface area contributed by atoms with Gasteiger partial charge in [0, 0.05) is 6.42 Å². The quantitative estimate of drug-likeness (QED) is 0.402. The molecule has 0 saturated heterocycles. The van der Waals surface area contributed by atoms with Crippen LogP contribution in [0.4, 0.5) is 0 Å². The van der Waals surface area contributed by atoms with Gasteiger partial charge in [-0.25, -0.2) is 0 Å². The van der Waals surface area contributed by atoms with Gasteiger partial charge in [0.25, 0.3) is 0 Å². The fourth-order valence-electron chi connectivity index (χ4n) is 2.41. The molecule has 2 unspecified atom stereocenters. The largest absolute Gasteiger partial charge is 0.460 e. The standard InChI is InChI=1S/C19H38O5/c1-8-16(21)22-14-17(24-19(7,11-4)12-5)23-15(13-20)18(6,9-2)10-3/h15,17,20H,8-14H2,1-7H3. The topological polar surface area (TPSA) is 65.0 Å². The van der Waals surface area contributed by atoms with Crippen molar-refractivity contribution in [2.45, 2.75) is 98.6 Å². The first-order valence-corrected chi connectivity index (χ1v) is 9.33. The summed E-state index contributed by atoms with van der Waals surface area (Å²) in [6.45, 7) is 14.1. The average Bonchev–Trinajstić information content (AvgIpc) is 2.62. The van der Waals surface area contributed by atoms with Gasteiger partial charge in [-0.3, -0.25) is 4.79 Å². The molecular weight excluding hydrogens is 308 g/mol. The summed E-state index contributed by atoms with van der Waals surface area (Å²) in [6, 6.07) is 0. The van der Waals surface area contributed by atoms with Crippen LogP contribution in [0.15, 0.2) is 0 Å². The van der Waals surface area contributed by atoms with Gasteiger partial charge >= 0.3 is 5.97 Å². The van der Waals surface area contributed by atoms with Gasteiger partial charge in [0.2, 0.25) is 0 Å². The SMILES string of the molecule is CCC(=O)OCC(OC(CO)C(C)(CC)CC)OC(C)(CC)CC. The molecule has 0 radical (unpaired) electrons. The van der Waals surface area contributed by atoms with E-state index in [1.165, 1.54) is 0 Å². The zero-order valence-electron chi connectivity index (χ0n) is 16.7. The van der Waals surface area contributed by atoms with E-state index in [-0.39, 0.29) is 36.3 Å². The minimum atomic E-state index is -0.681. The number of esters is 1. The third kappa shape index (κ3) is 7.08. The molecule has 0 aromatic carbocycles. The molecule has 5 nitrogen and oxygen atoms in total. The lowest BCUT2D eigenvalue weighted by Crippen LogP contribution is -2.44. The summed E-state index contributed by atoms with van der Waals surface area (Å²) in [5.74, 6) is -0.281. The summed E-state index contributed by atoms with van der Waals surface area (Å²) >= 11 is 0. The van der Waals surface area contributed by atoms with Crippen LogP contribution in [0, 0.1) is 5.41 Å². The van der Waals surface area contributed by atoms with E-state index in [0.717, 1.165) is 25.7 Å². The maximum Gasteiger partial charge on any atom is 0.305 e. The normalized spacial score (nSPS) is 15.2. The number of hydrogen-bond acceptors (Lipinski definition) is 5. The van der Waals surface area contributed by atoms with Crippen molar-refractivity contribution in [3.63, 3.8) is 0 Å². The van der Waals surface area contributed by atoms with Gasteiger partial charge in [0.1, 0.15) is 6.61 Å². The Morgan fingerprint density at radius 2 is 1.54 bits per heavy atom. The highest BCUT2D eigenvalue weighted by Crippen LogP contribution is 2.33. The highest BCUT2D eigenvalue weighted by molar-refractivity contribution is 5.68. The number of aliphatic hydroxyl groups excluding tert-OH is 1. The first-order valence-electron chi connectivity index (χ1n) is 9.33. The van der Waals surface area contributed by atoms with Crippen molar-refractivity contribution in [3.05, 3.63) is 0 Å². The Morgan fingerprint density at radius 3 is 1.92 bits per heavy atom. The highest BCUT2D eigenvalue weighted by Gasteiger charge is 2.36. The predicted molar refractivity (Wildman–Crippen MR) is 95.8 cm³/mol. The van der Waals surface area contributed by atoms with Crippen LogP contribution in [0.1, 0.15) is 80.6 Å². The van der Waals surface area contributed by atoms with Crippen molar-refractivity contribution in [2.24, 2.45) is 5.41 Å². The van der Waals surface area contributed by atoms with Gasteiger partial charge in [-0.2, -0.15) is 0 Å². The molecule has 2 atom stereocenters. The molecule has 0 rings (SSSR count). The van der Waals surface area contributed by atoms with Crippen molar-refractivity contribution in [3.8, 4) is 0 Å². The Labute approximate surface area is 148 Å². The Bertz CT molecular complexity index is 348. The Kier molecular flexibility index (Phi) is 10.8.